The van der Waals surface area contributed by atoms with Crippen molar-refractivity contribution in [3.8, 4) is 5.75 Å². The lowest BCUT2D eigenvalue weighted by Crippen LogP contribution is -2.33. The van der Waals surface area contributed by atoms with Crippen LogP contribution in [0.1, 0.15) is 10.4 Å². The third-order valence-corrected chi connectivity index (χ3v) is 2.61. The standard InChI is InChI=1S/C12H12BrNO5/c13-5-10(15)8-1-3-9(4-2-8)19-7-11(16)14-6-12(17)18/h1-4H,5-7H2,(H,14,16)(H,17,18). The van der Waals surface area contributed by atoms with E-state index in [9.17, 15) is 14.4 Å². The van der Waals surface area contributed by atoms with Crippen molar-refractivity contribution in [2.75, 3.05) is 18.5 Å². The Labute approximate surface area is 117 Å². The number of hydrogen-bond donors (Lipinski definition) is 2. The number of aliphatic carboxylic acids is 1. The summed E-state index contributed by atoms with van der Waals surface area (Å²) in [6.45, 7) is -0.722. The monoisotopic (exact) mass is 329 g/mol. The Hall–Kier alpha value is -1.89. The molecule has 0 saturated heterocycles. The van der Waals surface area contributed by atoms with E-state index in [1.54, 1.807) is 24.3 Å². The molecule has 0 aromatic heterocycles. The molecule has 1 amide bonds. The lowest BCUT2D eigenvalue weighted by Gasteiger charge is -2.06. The number of halogens is 1. The second kappa shape index (κ2) is 7.52. The van der Waals surface area contributed by atoms with E-state index in [1.165, 1.54) is 0 Å². The van der Waals surface area contributed by atoms with Crippen LogP contribution >= 0.6 is 15.9 Å². The largest absolute Gasteiger partial charge is 0.484 e. The number of carbonyl (C=O) groups is 3. The van der Waals surface area contributed by atoms with E-state index in [4.69, 9.17) is 9.84 Å². The summed E-state index contributed by atoms with van der Waals surface area (Å²) in [6.07, 6.45) is 0. The number of carboxylic acid groups (broad SMARTS) is 1. The summed E-state index contributed by atoms with van der Waals surface area (Å²) in [5.74, 6) is -1.27. The van der Waals surface area contributed by atoms with Crippen molar-refractivity contribution in [3.05, 3.63) is 29.8 Å². The van der Waals surface area contributed by atoms with Crippen LogP contribution in [0.4, 0.5) is 0 Å². The third-order valence-electron chi connectivity index (χ3n) is 2.10. The van der Waals surface area contributed by atoms with E-state index in [-0.39, 0.29) is 17.7 Å². The molecule has 0 saturated carbocycles. The summed E-state index contributed by atoms with van der Waals surface area (Å²) in [5, 5.41) is 10.8. The second-order valence-corrected chi connectivity index (χ2v) is 4.10. The molecule has 0 unspecified atom stereocenters. The fourth-order valence-corrected chi connectivity index (χ4v) is 1.51. The molecule has 0 spiro atoms. The predicted molar refractivity (Wildman–Crippen MR) is 70.7 cm³/mol. The first-order valence-electron chi connectivity index (χ1n) is 5.33. The van der Waals surface area contributed by atoms with Gasteiger partial charge in [-0.2, -0.15) is 0 Å². The highest BCUT2D eigenvalue weighted by Crippen LogP contribution is 2.13. The number of amides is 1. The van der Waals surface area contributed by atoms with Gasteiger partial charge in [0.2, 0.25) is 0 Å². The SMILES string of the molecule is O=C(O)CNC(=O)COc1ccc(C(=O)CBr)cc1. The number of nitrogens with one attached hydrogen (secondary N) is 1. The Kier molecular flexibility index (Phi) is 6.01. The number of rotatable bonds is 7. The van der Waals surface area contributed by atoms with Crippen LogP contribution in [-0.2, 0) is 9.59 Å². The van der Waals surface area contributed by atoms with E-state index >= 15 is 0 Å². The zero-order chi connectivity index (χ0) is 14.3. The summed E-state index contributed by atoms with van der Waals surface area (Å²) in [4.78, 5) is 32.7. The molecular formula is C12H12BrNO5. The number of benzene rings is 1. The molecule has 1 aromatic carbocycles. The van der Waals surface area contributed by atoms with Crippen LogP contribution < -0.4 is 10.1 Å². The summed E-state index contributed by atoms with van der Waals surface area (Å²) < 4.78 is 5.14. The van der Waals surface area contributed by atoms with Crippen LogP contribution in [0.25, 0.3) is 0 Å². The van der Waals surface area contributed by atoms with Crippen molar-refractivity contribution in [1.29, 1.82) is 0 Å². The molecule has 0 heterocycles. The highest BCUT2D eigenvalue weighted by Gasteiger charge is 2.06. The lowest BCUT2D eigenvalue weighted by atomic mass is 10.1. The van der Waals surface area contributed by atoms with Crippen molar-refractivity contribution in [2.24, 2.45) is 0 Å². The molecule has 0 radical (unpaired) electrons. The molecule has 19 heavy (non-hydrogen) atoms. The number of carboxylic acids is 1. The minimum absolute atomic E-state index is 0.0502. The zero-order valence-electron chi connectivity index (χ0n) is 9.89. The average Bonchev–Trinajstić information content (AvgIpc) is 2.42. The van der Waals surface area contributed by atoms with Crippen LogP contribution in [0.15, 0.2) is 24.3 Å². The van der Waals surface area contributed by atoms with Crippen molar-refractivity contribution >= 4 is 33.6 Å². The van der Waals surface area contributed by atoms with Gasteiger partial charge in [0.25, 0.3) is 5.91 Å². The normalized spacial score (nSPS) is 9.74. The van der Waals surface area contributed by atoms with Crippen molar-refractivity contribution in [1.82, 2.24) is 5.32 Å². The molecule has 102 valence electrons. The van der Waals surface area contributed by atoms with Gasteiger partial charge in [-0.15, -0.1) is 0 Å². The van der Waals surface area contributed by atoms with E-state index < -0.39 is 18.4 Å². The molecule has 0 atom stereocenters. The summed E-state index contributed by atoms with van der Waals surface area (Å²) in [7, 11) is 0. The Balaban J connectivity index is 2.43. The van der Waals surface area contributed by atoms with E-state index in [1.807, 2.05) is 0 Å². The molecule has 6 nitrogen and oxygen atoms in total. The molecule has 2 N–H and O–H groups in total. The van der Waals surface area contributed by atoms with Crippen LogP contribution in [0, 0.1) is 0 Å². The van der Waals surface area contributed by atoms with Crippen LogP contribution in [0.5, 0.6) is 5.75 Å². The minimum Gasteiger partial charge on any atom is -0.484 e. The first kappa shape index (κ1) is 15.2. The molecule has 0 aliphatic rings. The van der Waals surface area contributed by atoms with Crippen LogP contribution in [0.3, 0.4) is 0 Å². The number of Topliss-reactive ketones (excluding diaryl/α,β-unsaturated/α-hetero) is 1. The summed E-state index contributed by atoms with van der Waals surface area (Å²) in [6, 6.07) is 6.32. The maximum atomic E-state index is 11.3. The average molecular weight is 330 g/mol. The van der Waals surface area contributed by atoms with Gasteiger partial charge in [-0.05, 0) is 24.3 Å². The molecule has 0 bridgehead atoms. The van der Waals surface area contributed by atoms with Gasteiger partial charge in [0.1, 0.15) is 12.3 Å². The zero-order valence-corrected chi connectivity index (χ0v) is 11.5. The van der Waals surface area contributed by atoms with Crippen LogP contribution in [-0.4, -0.2) is 41.2 Å². The molecule has 1 aromatic rings. The van der Waals surface area contributed by atoms with E-state index in [2.05, 4.69) is 21.2 Å². The number of carbonyl (C=O) groups excluding carboxylic acids is 2. The number of ketones is 1. The number of alkyl halides is 1. The highest BCUT2D eigenvalue weighted by atomic mass is 79.9. The number of ether oxygens (including phenoxy) is 1. The van der Waals surface area contributed by atoms with Gasteiger partial charge in [0, 0.05) is 5.56 Å². The fraction of sp³-hybridized carbons (Fsp3) is 0.250. The van der Waals surface area contributed by atoms with Gasteiger partial charge in [0.15, 0.2) is 12.4 Å². The van der Waals surface area contributed by atoms with Crippen molar-refractivity contribution < 1.29 is 24.2 Å². The smallest absolute Gasteiger partial charge is 0.322 e. The fourth-order valence-electron chi connectivity index (χ4n) is 1.19. The first-order chi connectivity index (χ1) is 9.02. The molecular weight excluding hydrogens is 318 g/mol. The lowest BCUT2D eigenvalue weighted by molar-refractivity contribution is -0.138. The van der Waals surface area contributed by atoms with Crippen LogP contribution in [0.2, 0.25) is 0 Å². The quantitative estimate of drug-likeness (QED) is 0.571. The van der Waals surface area contributed by atoms with Gasteiger partial charge in [-0.1, -0.05) is 15.9 Å². The van der Waals surface area contributed by atoms with E-state index in [0.29, 0.717) is 11.3 Å². The molecule has 0 aliphatic heterocycles. The van der Waals surface area contributed by atoms with E-state index in [0.717, 1.165) is 0 Å². The number of hydrogen-bond acceptors (Lipinski definition) is 4. The van der Waals surface area contributed by atoms with Crippen molar-refractivity contribution in [2.45, 2.75) is 0 Å². The highest BCUT2D eigenvalue weighted by molar-refractivity contribution is 9.09. The Morgan fingerprint density at radius 1 is 1.21 bits per heavy atom. The minimum atomic E-state index is -1.12. The first-order valence-corrected chi connectivity index (χ1v) is 6.45. The van der Waals surface area contributed by atoms with Crippen molar-refractivity contribution in [3.63, 3.8) is 0 Å². The van der Waals surface area contributed by atoms with Gasteiger partial charge < -0.3 is 15.2 Å². The van der Waals surface area contributed by atoms with Gasteiger partial charge in [-0.25, -0.2) is 0 Å². The van der Waals surface area contributed by atoms with Gasteiger partial charge in [0.05, 0.1) is 5.33 Å². The molecule has 1 rings (SSSR count). The summed E-state index contributed by atoms with van der Waals surface area (Å²) >= 11 is 3.07. The third kappa shape index (κ3) is 5.52. The second-order valence-electron chi connectivity index (χ2n) is 3.54. The van der Waals surface area contributed by atoms with Gasteiger partial charge in [-0.3, -0.25) is 14.4 Å². The Morgan fingerprint density at radius 3 is 2.37 bits per heavy atom. The van der Waals surface area contributed by atoms with Gasteiger partial charge >= 0.3 is 5.97 Å². The topological polar surface area (TPSA) is 92.7 Å². The predicted octanol–water partition coefficient (Wildman–Crippen LogP) is 0.844. The maximum absolute atomic E-state index is 11.3. The molecule has 7 heteroatoms. The maximum Gasteiger partial charge on any atom is 0.322 e. The Morgan fingerprint density at radius 2 is 1.84 bits per heavy atom. The Bertz CT molecular complexity index is 472. The summed E-state index contributed by atoms with van der Waals surface area (Å²) in [5.41, 5.74) is 0.541. The molecule has 0 aliphatic carbocycles. The molecule has 0 fully saturated rings.